The van der Waals surface area contributed by atoms with Crippen molar-refractivity contribution in [1.82, 2.24) is 0 Å². The molecule has 2 rings (SSSR count). The molecule has 6 heteroatoms. The summed E-state index contributed by atoms with van der Waals surface area (Å²) in [6.45, 7) is 5.74. The van der Waals surface area contributed by atoms with Crippen molar-refractivity contribution in [1.29, 1.82) is 0 Å². The van der Waals surface area contributed by atoms with E-state index in [2.05, 4.69) is 5.32 Å². The summed E-state index contributed by atoms with van der Waals surface area (Å²) in [7, 11) is 0. The van der Waals surface area contributed by atoms with Gasteiger partial charge in [0.1, 0.15) is 11.4 Å². The summed E-state index contributed by atoms with van der Waals surface area (Å²) in [6, 6.07) is 5.36. The number of para-hydroxylation sites is 1. The zero-order valence-electron chi connectivity index (χ0n) is 12.6. The Morgan fingerprint density at radius 2 is 2.19 bits per heavy atom. The van der Waals surface area contributed by atoms with E-state index in [4.69, 9.17) is 0 Å². The molecule has 0 amide bonds. The van der Waals surface area contributed by atoms with Crippen molar-refractivity contribution in [3.8, 4) is 0 Å². The Morgan fingerprint density at radius 3 is 2.86 bits per heavy atom. The number of nitro benzene ring substituents is 1. The lowest BCUT2D eigenvalue weighted by molar-refractivity contribution is -0.383. The van der Waals surface area contributed by atoms with Crippen LogP contribution >= 0.6 is 0 Å². The Hall–Kier alpha value is -1.82. The van der Waals surface area contributed by atoms with E-state index in [1.807, 2.05) is 24.8 Å². The summed E-state index contributed by atoms with van der Waals surface area (Å²) in [5.41, 5.74) is 0.635. The van der Waals surface area contributed by atoms with E-state index in [9.17, 15) is 15.2 Å². The quantitative estimate of drug-likeness (QED) is 0.659. The van der Waals surface area contributed by atoms with Gasteiger partial charge in [0.15, 0.2) is 0 Å². The third kappa shape index (κ3) is 3.64. The van der Waals surface area contributed by atoms with Crippen LogP contribution in [0, 0.1) is 10.1 Å². The molecule has 0 radical (unpaired) electrons. The van der Waals surface area contributed by atoms with Crippen molar-refractivity contribution in [2.75, 3.05) is 29.9 Å². The van der Waals surface area contributed by atoms with Gasteiger partial charge >= 0.3 is 5.69 Å². The molecule has 1 atom stereocenters. The number of hydrogen-bond donors (Lipinski definition) is 2. The number of rotatable bonds is 4. The Labute approximate surface area is 124 Å². The minimum Gasteiger partial charge on any atom is -0.390 e. The van der Waals surface area contributed by atoms with Gasteiger partial charge in [0.25, 0.3) is 0 Å². The monoisotopic (exact) mass is 293 g/mol. The Morgan fingerprint density at radius 1 is 1.43 bits per heavy atom. The maximum Gasteiger partial charge on any atom is 0.315 e. The summed E-state index contributed by atoms with van der Waals surface area (Å²) in [4.78, 5) is 13.2. The molecule has 1 heterocycles. The van der Waals surface area contributed by atoms with Gasteiger partial charge in [0.05, 0.1) is 10.5 Å². The maximum absolute atomic E-state index is 11.5. The van der Waals surface area contributed by atoms with Crippen LogP contribution in [0.3, 0.4) is 0 Å². The molecule has 1 unspecified atom stereocenters. The minimum atomic E-state index is -0.678. The van der Waals surface area contributed by atoms with Crippen molar-refractivity contribution in [2.24, 2.45) is 0 Å². The van der Waals surface area contributed by atoms with Crippen LogP contribution in [-0.4, -0.2) is 35.3 Å². The molecule has 0 bridgehead atoms. The predicted octanol–water partition coefficient (Wildman–Crippen LogP) is 2.77. The number of nitro groups is 1. The fourth-order valence-corrected chi connectivity index (χ4v) is 2.82. The van der Waals surface area contributed by atoms with E-state index < -0.39 is 5.60 Å². The summed E-state index contributed by atoms with van der Waals surface area (Å²) in [5.74, 6) is 0. The second-order valence-electron chi connectivity index (χ2n) is 5.80. The van der Waals surface area contributed by atoms with Crippen LogP contribution in [0.1, 0.15) is 33.1 Å². The molecule has 0 aliphatic carbocycles. The lowest BCUT2D eigenvalue weighted by Crippen LogP contribution is -2.28. The van der Waals surface area contributed by atoms with Crippen LogP contribution in [0.2, 0.25) is 0 Å². The molecule has 1 fully saturated rings. The van der Waals surface area contributed by atoms with Crippen molar-refractivity contribution in [3.05, 3.63) is 28.3 Å². The predicted molar refractivity (Wildman–Crippen MR) is 83.9 cm³/mol. The van der Waals surface area contributed by atoms with Crippen molar-refractivity contribution in [3.63, 3.8) is 0 Å². The van der Waals surface area contributed by atoms with Crippen LogP contribution in [-0.2, 0) is 0 Å². The van der Waals surface area contributed by atoms with Gasteiger partial charge in [-0.1, -0.05) is 6.07 Å². The summed E-state index contributed by atoms with van der Waals surface area (Å²) < 4.78 is 0. The second kappa shape index (κ2) is 6.30. The number of nitrogens with one attached hydrogen (secondary N) is 1. The van der Waals surface area contributed by atoms with Gasteiger partial charge in [0.2, 0.25) is 0 Å². The zero-order valence-corrected chi connectivity index (χ0v) is 12.6. The molecule has 0 spiro atoms. The van der Waals surface area contributed by atoms with E-state index in [0.717, 1.165) is 19.4 Å². The second-order valence-corrected chi connectivity index (χ2v) is 5.80. The zero-order chi connectivity index (χ0) is 15.5. The van der Waals surface area contributed by atoms with Crippen LogP contribution in [0.5, 0.6) is 0 Å². The Balaban J connectivity index is 2.34. The molecule has 2 N–H and O–H groups in total. The third-order valence-electron chi connectivity index (χ3n) is 3.97. The smallest absolute Gasteiger partial charge is 0.315 e. The van der Waals surface area contributed by atoms with E-state index >= 15 is 0 Å². The average molecular weight is 293 g/mol. The Bertz CT molecular complexity index is 517. The summed E-state index contributed by atoms with van der Waals surface area (Å²) >= 11 is 0. The van der Waals surface area contributed by atoms with Gasteiger partial charge < -0.3 is 15.3 Å². The summed E-state index contributed by atoms with van der Waals surface area (Å²) in [5, 5.41) is 24.7. The molecular formula is C15H23N3O3. The number of benzene rings is 1. The molecule has 116 valence electrons. The lowest BCUT2D eigenvalue weighted by Gasteiger charge is -2.24. The SMILES string of the molecule is CCNc1cccc(N2CCCC(C)(O)CC2)c1[N+](=O)[O-]. The van der Waals surface area contributed by atoms with Crippen LogP contribution in [0.15, 0.2) is 18.2 Å². The first kappa shape index (κ1) is 15.6. The van der Waals surface area contributed by atoms with Crippen LogP contribution < -0.4 is 10.2 Å². The highest BCUT2D eigenvalue weighted by molar-refractivity contribution is 5.77. The topological polar surface area (TPSA) is 78.6 Å². The molecule has 1 aliphatic heterocycles. The number of hydrogen-bond acceptors (Lipinski definition) is 5. The first-order valence-corrected chi connectivity index (χ1v) is 7.43. The largest absolute Gasteiger partial charge is 0.390 e. The summed E-state index contributed by atoms with van der Waals surface area (Å²) in [6.07, 6.45) is 2.18. The average Bonchev–Trinajstić information content (AvgIpc) is 2.59. The molecule has 1 aromatic rings. The number of aliphatic hydroxyl groups is 1. The fraction of sp³-hybridized carbons (Fsp3) is 0.600. The van der Waals surface area contributed by atoms with Gasteiger partial charge in [-0.25, -0.2) is 0 Å². The molecular weight excluding hydrogens is 270 g/mol. The highest BCUT2D eigenvalue weighted by Gasteiger charge is 2.29. The molecule has 21 heavy (non-hydrogen) atoms. The van der Waals surface area contributed by atoms with E-state index in [-0.39, 0.29) is 10.6 Å². The first-order valence-electron chi connectivity index (χ1n) is 7.43. The first-order chi connectivity index (χ1) is 9.94. The molecule has 0 saturated carbocycles. The minimum absolute atomic E-state index is 0.126. The number of nitrogens with zero attached hydrogens (tertiary/aromatic N) is 2. The molecule has 0 aromatic heterocycles. The van der Waals surface area contributed by atoms with Gasteiger partial charge in [0, 0.05) is 19.6 Å². The number of anilines is 2. The van der Waals surface area contributed by atoms with Crippen molar-refractivity contribution >= 4 is 17.1 Å². The highest BCUT2D eigenvalue weighted by atomic mass is 16.6. The third-order valence-corrected chi connectivity index (χ3v) is 3.97. The van der Waals surface area contributed by atoms with Gasteiger partial charge in [-0.05, 0) is 45.2 Å². The lowest BCUT2D eigenvalue weighted by atomic mass is 9.98. The van der Waals surface area contributed by atoms with E-state index in [0.29, 0.717) is 30.9 Å². The normalized spacial score (nSPS) is 22.7. The van der Waals surface area contributed by atoms with E-state index in [1.165, 1.54) is 0 Å². The van der Waals surface area contributed by atoms with Gasteiger partial charge in [-0.2, -0.15) is 0 Å². The maximum atomic E-state index is 11.5. The van der Waals surface area contributed by atoms with Crippen LogP contribution in [0.25, 0.3) is 0 Å². The standard InChI is InChI=1S/C15H23N3O3/c1-3-16-12-6-4-7-13(14(12)18(20)21)17-10-5-8-15(2,19)9-11-17/h4,6-7,16,19H,3,5,8-11H2,1-2H3. The van der Waals surface area contributed by atoms with Gasteiger partial charge in [-0.3, -0.25) is 10.1 Å². The van der Waals surface area contributed by atoms with Crippen LogP contribution in [0.4, 0.5) is 17.1 Å². The van der Waals surface area contributed by atoms with E-state index in [1.54, 1.807) is 12.1 Å². The van der Waals surface area contributed by atoms with Gasteiger partial charge in [-0.15, -0.1) is 0 Å². The Kier molecular flexibility index (Phi) is 4.67. The van der Waals surface area contributed by atoms with Crippen molar-refractivity contribution < 1.29 is 10.0 Å². The molecule has 1 aliphatic rings. The molecule has 6 nitrogen and oxygen atoms in total. The molecule has 1 aromatic carbocycles. The van der Waals surface area contributed by atoms with Crippen molar-refractivity contribution in [2.45, 2.75) is 38.7 Å². The molecule has 1 saturated heterocycles. The highest BCUT2D eigenvalue weighted by Crippen LogP contribution is 2.37. The fourth-order valence-electron chi connectivity index (χ4n) is 2.82.